The summed E-state index contributed by atoms with van der Waals surface area (Å²) >= 11 is 5.98. The molecule has 0 aliphatic heterocycles. The van der Waals surface area contributed by atoms with Crippen LogP contribution in [0, 0.1) is 6.92 Å². The highest BCUT2D eigenvalue weighted by molar-refractivity contribution is 6.30. The predicted octanol–water partition coefficient (Wildman–Crippen LogP) is 2.79. The lowest BCUT2D eigenvalue weighted by Gasteiger charge is -2.16. The van der Waals surface area contributed by atoms with Gasteiger partial charge in [0.1, 0.15) is 0 Å². The average Bonchev–Trinajstić information content (AvgIpc) is 2.36. The summed E-state index contributed by atoms with van der Waals surface area (Å²) in [6.45, 7) is 2.02. The number of nitrogens with zero attached hydrogens (tertiary/aromatic N) is 1. The van der Waals surface area contributed by atoms with Gasteiger partial charge in [-0.25, -0.2) is 0 Å². The highest BCUT2D eigenvalue weighted by atomic mass is 35.5. The van der Waals surface area contributed by atoms with Crippen molar-refractivity contribution in [2.24, 2.45) is 5.84 Å². The smallest absolute Gasteiger partial charge is 0.0515 e. The highest BCUT2D eigenvalue weighted by Crippen LogP contribution is 2.20. The monoisotopic (exact) mass is 261 g/mol. The first-order chi connectivity index (χ1) is 8.69. The molecule has 1 aromatic carbocycles. The first-order valence-corrected chi connectivity index (χ1v) is 6.19. The van der Waals surface area contributed by atoms with Gasteiger partial charge < -0.3 is 0 Å². The maximum absolute atomic E-state index is 5.98. The van der Waals surface area contributed by atoms with Crippen LogP contribution in [0.15, 0.2) is 42.7 Å². The van der Waals surface area contributed by atoms with E-state index in [1.807, 2.05) is 43.6 Å². The van der Waals surface area contributed by atoms with E-state index in [0.717, 1.165) is 28.1 Å². The molecule has 94 valence electrons. The first-order valence-electron chi connectivity index (χ1n) is 5.81. The second kappa shape index (κ2) is 5.96. The maximum Gasteiger partial charge on any atom is 0.0515 e. The van der Waals surface area contributed by atoms with E-state index >= 15 is 0 Å². The fourth-order valence-corrected chi connectivity index (χ4v) is 2.15. The number of hydrazine groups is 1. The van der Waals surface area contributed by atoms with Crippen LogP contribution in [-0.2, 0) is 6.42 Å². The van der Waals surface area contributed by atoms with Gasteiger partial charge in [0.25, 0.3) is 0 Å². The molecule has 0 fully saturated rings. The molecule has 2 rings (SSSR count). The van der Waals surface area contributed by atoms with Gasteiger partial charge in [-0.2, -0.15) is 0 Å². The molecule has 1 heterocycles. The molecule has 2 aromatic rings. The Kier molecular flexibility index (Phi) is 4.31. The molecule has 3 nitrogen and oxygen atoms in total. The lowest BCUT2D eigenvalue weighted by atomic mass is 10.00. The third-order valence-electron chi connectivity index (χ3n) is 2.83. The second-order valence-electron chi connectivity index (χ2n) is 4.35. The summed E-state index contributed by atoms with van der Waals surface area (Å²) in [6.07, 6.45) is 4.45. The van der Waals surface area contributed by atoms with Gasteiger partial charge in [-0.05, 0) is 42.2 Å². The van der Waals surface area contributed by atoms with E-state index in [0.29, 0.717) is 0 Å². The van der Waals surface area contributed by atoms with Crippen molar-refractivity contribution in [1.29, 1.82) is 0 Å². The van der Waals surface area contributed by atoms with Crippen LogP contribution >= 0.6 is 11.6 Å². The molecule has 0 spiro atoms. The van der Waals surface area contributed by atoms with E-state index in [4.69, 9.17) is 17.4 Å². The maximum atomic E-state index is 5.98. The molecule has 0 aliphatic rings. The standard InChI is InChI=1S/C14H16ClN3/c1-10-5-12(9-17-8-10)14(18-16)7-11-3-2-4-13(15)6-11/h2-6,8-9,14,18H,7,16H2,1H3. The van der Waals surface area contributed by atoms with Crippen molar-refractivity contribution in [2.75, 3.05) is 0 Å². The minimum Gasteiger partial charge on any atom is -0.271 e. The van der Waals surface area contributed by atoms with Crippen molar-refractivity contribution >= 4 is 11.6 Å². The Balaban J connectivity index is 2.19. The summed E-state index contributed by atoms with van der Waals surface area (Å²) in [4.78, 5) is 4.19. The number of hydrogen-bond acceptors (Lipinski definition) is 3. The normalized spacial score (nSPS) is 12.4. The first kappa shape index (κ1) is 13.0. The van der Waals surface area contributed by atoms with Gasteiger partial charge in [0.05, 0.1) is 6.04 Å². The summed E-state index contributed by atoms with van der Waals surface area (Å²) in [5.41, 5.74) is 6.18. The van der Waals surface area contributed by atoms with Gasteiger partial charge >= 0.3 is 0 Å². The molecule has 3 N–H and O–H groups in total. The van der Waals surface area contributed by atoms with Crippen LogP contribution in [-0.4, -0.2) is 4.98 Å². The topological polar surface area (TPSA) is 50.9 Å². The molecule has 0 saturated heterocycles. The number of hydrogen-bond donors (Lipinski definition) is 2. The lowest BCUT2D eigenvalue weighted by molar-refractivity contribution is 0.550. The number of nitrogens with two attached hydrogens (primary N) is 1. The van der Waals surface area contributed by atoms with E-state index in [9.17, 15) is 0 Å². The Bertz CT molecular complexity index is 528. The fourth-order valence-electron chi connectivity index (χ4n) is 1.94. The lowest BCUT2D eigenvalue weighted by Crippen LogP contribution is -2.29. The van der Waals surface area contributed by atoms with Crippen LogP contribution in [0.4, 0.5) is 0 Å². The molecule has 0 radical (unpaired) electrons. The molecule has 4 heteroatoms. The number of halogens is 1. The van der Waals surface area contributed by atoms with Crippen LogP contribution in [0.25, 0.3) is 0 Å². The molecule has 1 atom stereocenters. The van der Waals surface area contributed by atoms with E-state index in [1.165, 1.54) is 0 Å². The molecule has 1 unspecified atom stereocenters. The summed E-state index contributed by atoms with van der Waals surface area (Å²) < 4.78 is 0. The minimum atomic E-state index is 0.0378. The van der Waals surface area contributed by atoms with Crippen molar-refractivity contribution in [3.8, 4) is 0 Å². The highest BCUT2D eigenvalue weighted by Gasteiger charge is 2.11. The summed E-state index contributed by atoms with van der Waals surface area (Å²) in [7, 11) is 0. The second-order valence-corrected chi connectivity index (χ2v) is 4.79. The van der Waals surface area contributed by atoms with E-state index in [1.54, 1.807) is 0 Å². The summed E-state index contributed by atoms with van der Waals surface area (Å²) in [5, 5.41) is 0.741. The molecule has 0 aliphatic carbocycles. The minimum absolute atomic E-state index is 0.0378. The Morgan fingerprint density at radius 3 is 2.83 bits per heavy atom. The SMILES string of the molecule is Cc1cncc(C(Cc2cccc(Cl)c2)NN)c1. The number of aromatic nitrogens is 1. The fraction of sp³-hybridized carbons (Fsp3) is 0.214. The van der Waals surface area contributed by atoms with E-state index in [2.05, 4.69) is 16.5 Å². The number of aryl methyl sites for hydroxylation is 1. The molecule has 0 amide bonds. The number of pyridine rings is 1. The van der Waals surface area contributed by atoms with Gasteiger partial charge in [-0.3, -0.25) is 16.3 Å². The summed E-state index contributed by atoms with van der Waals surface area (Å²) in [5.74, 6) is 5.63. The van der Waals surface area contributed by atoms with Gasteiger partial charge in [-0.15, -0.1) is 0 Å². The average molecular weight is 262 g/mol. The van der Waals surface area contributed by atoms with Crippen LogP contribution in [0.2, 0.25) is 5.02 Å². The van der Waals surface area contributed by atoms with E-state index in [-0.39, 0.29) is 6.04 Å². The summed E-state index contributed by atoms with van der Waals surface area (Å²) in [6, 6.07) is 9.93. The molecular weight excluding hydrogens is 246 g/mol. The number of rotatable bonds is 4. The predicted molar refractivity (Wildman–Crippen MR) is 74.2 cm³/mol. The largest absolute Gasteiger partial charge is 0.271 e. The molecule has 0 bridgehead atoms. The van der Waals surface area contributed by atoms with Crippen LogP contribution in [0.5, 0.6) is 0 Å². The third-order valence-corrected chi connectivity index (χ3v) is 3.06. The Morgan fingerprint density at radius 2 is 2.17 bits per heavy atom. The zero-order chi connectivity index (χ0) is 13.0. The van der Waals surface area contributed by atoms with Gasteiger partial charge in [0.15, 0.2) is 0 Å². The van der Waals surface area contributed by atoms with Crippen LogP contribution in [0.1, 0.15) is 22.7 Å². The molecular formula is C14H16ClN3. The number of benzene rings is 1. The van der Waals surface area contributed by atoms with Crippen molar-refractivity contribution < 1.29 is 0 Å². The Hall–Kier alpha value is -1.42. The van der Waals surface area contributed by atoms with E-state index < -0.39 is 0 Å². The van der Waals surface area contributed by atoms with Crippen LogP contribution in [0.3, 0.4) is 0 Å². The Morgan fingerprint density at radius 1 is 1.33 bits per heavy atom. The van der Waals surface area contributed by atoms with Crippen LogP contribution < -0.4 is 11.3 Å². The zero-order valence-corrected chi connectivity index (χ0v) is 11.0. The molecule has 18 heavy (non-hydrogen) atoms. The van der Waals surface area contributed by atoms with Crippen molar-refractivity contribution in [1.82, 2.24) is 10.4 Å². The third kappa shape index (κ3) is 3.29. The molecule has 0 saturated carbocycles. The van der Waals surface area contributed by atoms with Gasteiger partial charge in [0, 0.05) is 17.4 Å². The zero-order valence-electron chi connectivity index (χ0n) is 10.2. The van der Waals surface area contributed by atoms with Gasteiger partial charge in [0.2, 0.25) is 0 Å². The van der Waals surface area contributed by atoms with Crippen molar-refractivity contribution in [3.05, 3.63) is 64.4 Å². The van der Waals surface area contributed by atoms with Crippen molar-refractivity contribution in [3.63, 3.8) is 0 Å². The number of nitrogens with one attached hydrogen (secondary N) is 1. The Labute approximate surface area is 112 Å². The molecule has 1 aromatic heterocycles. The quantitative estimate of drug-likeness (QED) is 0.657. The van der Waals surface area contributed by atoms with Gasteiger partial charge in [-0.1, -0.05) is 29.8 Å². The van der Waals surface area contributed by atoms with Crippen molar-refractivity contribution in [2.45, 2.75) is 19.4 Å².